The maximum Gasteiger partial charge on any atom is 0.251 e. The topological polar surface area (TPSA) is 109 Å². The number of aromatic amines is 1. The Morgan fingerprint density at radius 1 is 1.29 bits per heavy atom. The second-order valence-corrected chi connectivity index (χ2v) is 5.33. The van der Waals surface area contributed by atoms with E-state index in [0.717, 1.165) is 0 Å². The molecule has 8 nitrogen and oxygen atoms in total. The largest absolute Gasteiger partial charge is 0.492 e. The lowest BCUT2D eigenvalue weighted by Gasteiger charge is -2.11. The third-order valence-electron chi connectivity index (χ3n) is 3.21. The molecule has 0 aliphatic rings. The van der Waals surface area contributed by atoms with Crippen molar-refractivity contribution in [1.82, 2.24) is 25.8 Å². The molecule has 0 saturated carbocycles. The Bertz CT molecular complexity index is 696. The van der Waals surface area contributed by atoms with Crippen molar-refractivity contribution in [2.75, 3.05) is 13.2 Å². The molecular weight excluding hydrogens is 310 g/mol. The molecule has 8 heteroatoms. The van der Waals surface area contributed by atoms with Crippen LogP contribution in [0.1, 0.15) is 41.9 Å². The Labute approximate surface area is 140 Å². The lowest BCUT2D eigenvalue weighted by Crippen LogP contribution is -2.27. The minimum atomic E-state index is -0.295. The van der Waals surface area contributed by atoms with Crippen LogP contribution >= 0.6 is 0 Å². The van der Waals surface area contributed by atoms with Gasteiger partial charge in [-0.2, -0.15) is 5.10 Å². The molecule has 0 saturated heterocycles. The number of hydrogen-bond acceptors (Lipinski definition) is 5. The molecule has 3 N–H and O–H groups in total. The molecular formula is C16H21N5O3. The number of hydrogen-bond donors (Lipinski definition) is 3. The van der Waals surface area contributed by atoms with E-state index < -0.39 is 0 Å². The Hall–Kier alpha value is -2.90. The fourth-order valence-electron chi connectivity index (χ4n) is 2.00. The van der Waals surface area contributed by atoms with Gasteiger partial charge < -0.3 is 15.4 Å². The van der Waals surface area contributed by atoms with Crippen LogP contribution in [0.15, 0.2) is 24.3 Å². The highest BCUT2D eigenvalue weighted by Crippen LogP contribution is 2.13. The fraction of sp³-hybridized carbons (Fsp3) is 0.375. The van der Waals surface area contributed by atoms with Crippen molar-refractivity contribution in [1.29, 1.82) is 0 Å². The first-order valence-electron chi connectivity index (χ1n) is 7.63. The van der Waals surface area contributed by atoms with Gasteiger partial charge in [0.2, 0.25) is 5.91 Å². The second-order valence-electron chi connectivity index (χ2n) is 5.33. The van der Waals surface area contributed by atoms with Crippen LogP contribution in [0.4, 0.5) is 0 Å². The molecule has 2 amide bonds. The number of nitrogens with zero attached hydrogens (tertiary/aromatic N) is 2. The van der Waals surface area contributed by atoms with E-state index >= 15 is 0 Å². The van der Waals surface area contributed by atoms with Crippen LogP contribution in [-0.4, -0.2) is 40.1 Å². The predicted octanol–water partition coefficient (Wildman–Crippen LogP) is 1.12. The van der Waals surface area contributed by atoms with Crippen molar-refractivity contribution in [3.05, 3.63) is 41.5 Å². The summed E-state index contributed by atoms with van der Waals surface area (Å²) in [5.74, 6) is 1.57. The van der Waals surface area contributed by atoms with E-state index in [9.17, 15) is 9.59 Å². The normalized spacial score (nSPS) is 11.6. The van der Waals surface area contributed by atoms with Gasteiger partial charge in [0, 0.05) is 12.5 Å². The third kappa shape index (κ3) is 5.08. The van der Waals surface area contributed by atoms with E-state index in [1.807, 2.05) is 6.92 Å². The number of ether oxygens (including phenoxy) is 1. The van der Waals surface area contributed by atoms with Gasteiger partial charge in [0.1, 0.15) is 18.2 Å². The van der Waals surface area contributed by atoms with Crippen molar-refractivity contribution >= 4 is 11.8 Å². The lowest BCUT2D eigenvalue weighted by atomic mass is 10.2. The molecule has 24 heavy (non-hydrogen) atoms. The molecule has 1 atom stereocenters. The SMILES string of the molecule is CC(=O)NCCOc1ccc(C(=O)N[C@@H](C)c2n[nH]c(C)n2)cc1. The molecule has 1 aromatic carbocycles. The quantitative estimate of drug-likeness (QED) is 0.659. The molecule has 2 rings (SSSR count). The van der Waals surface area contributed by atoms with Crippen LogP contribution in [0.2, 0.25) is 0 Å². The minimum Gasteiger partial charge on any atom is -0.492 e. The van der Waals surface area contributed by atoms with Gasteiger partial charge in [-0.15, -0.1) is 0 Å². The van der Waals surface area contributed by atoms with E-state index in [0.29, 0.717) is 36.1 Å². The van der Waals surface area contributed by atoms with Crippen molar-refractivity contribution < 1.29 is 14.3 Å². The number of benzene rings is 1. The van der Waals surface area contributed by atoms with Gasteiger partial charge in [0.15, 0.2) is 5.82 Å². The van der Waals surface area contributed by atoms with Crippen LogP contribution < -0.4 is 15.4 Å². The van der Waals surface area contributed by atoms with Crippen molar-refractivity contribution in [2.45, 2.75) is 26.8 Å². The van der Waals surface area contributed by atoms with Gasteiger partial charge >= 0.3 is 0 Å². The summed E-state index contributed by atoms with van der Waals surface area (Å²) in [7, 11) is 0. The maximum atomic E-state index is 12.2. The Morgan fingerprint density at radius 2 is 2.00 bits per heavy atom. The van der Waals surface area contributed by atoms with Gasteiger partial charge in [0.05, 0.1) is 12.6 Å². The molecule has 0 radical (unpaired) electrons. The lowest BCUT2D eigenvalue weighted by molar-refractivity contribution is -0.119. The summed E-state index contributed by atoms with van der Waals surface area (Å²) >= 11 is 0. The summed E-state index contributed by atoms with van der Waals surface area (Å²) in [5.41, 5.74) is 0.517. The number of nitrogens with one attached hydrogen (secondary N) is 3. The van der Waals surface area contributed by atoms with Crippen LogP contribution in [0, 0.1) is 6.92 Å². The fourth-order valence-corrected chi connectivity index (χ4v) is 2.00. The Morgan fingerprint density at radius 3 is 2.58 bits per heavy atom. The first kappa shape index (κ1) is 17.5. The monoisotopic (exact) mass is 331 g/mol. The molecule has 1 heterocycles. The van der Waals surface area contributed by atoms with Crippen LogP contribution in [0.3, 0.4) is 0 Å². The zero-order valence-electron chi connectivity index (χ0n) is 13.9. The van der Waals surface area contributed by atoms with Crippen molar-refractivity contribution in [2.24, 2.45) is 0 Å². The number of carbonyl (C=O) groups is 2. The summed E-state index contributed by atoms with van der Waals surface area (Å²) in [4.78, 5) is 27.2. The van der Waals surface area contributed by atoms with Crippen LogP contribution in [-0.2, 0) is 4.79 Å². The smallest absolute Gasteiger partial charge is 0.251 e. The van der Waals surface area contributed by atoms with Crippen molar-refractivity contribution in [3.8, 4) is 5.75 Å². The number of amides is 2. The highest BCUT2D eigenvalue weighted by atomic mass is 16.5. The van der Waals surface area contributed by atoms with Crippen LogP contribution in [0.5, 0.6) is 5.75 Å². The number of H-pyrrole nitrogens is 1. The summed E-state index contributed by atoms with van der Waals surface area (Å²) in [5, 5.41) is 12.3. The maximum absolute atomic E-state index is 12.2. The van der Waals surface area contributed by atoms with Crippen LogP contribution in [0.25, 0.3) is 0 Å². The van der Waals surface area contributed by atoms with Gasteiger partial charge in [-0.3, -0.25) is 14.7 Å². The molecule has 1 aromatic heterocycles. The molecule has 2 aromatic rings. The summed E-state index contributed by atoms with van der Waals surface area (Å²) in [6.07, 6.45) is 0. The highest BCUT2D eigenvalue weighted by molar-refractivity contribution is 5.94. The van der Waals surface area contributed by atoms with E-state index in [4.69, 9.17) is 4.74 Å². The zero-order valence-corrected chi connectivity index (χ0v) is 13.9. The standard InChI is InChI=1S/C16H21N5O3/c1-10(15-19-11(2)20-21-15)18-16(23)13-4-6-14(7-5-13)24-9-8-17-12(3)22/h4-7,10H,8-9H2,1-3H3,(H,17,22)(H,18,23)(H,19,20,21)/t10-/m0/s1. The summed E-state index contributed by atoms with van der Waals surface area (Å²) in [6, 6.07) is 6.49. The van der Waals surface area contributed by atoms with Gasteiger partial charge in [0.25, 0.3) is 5.91 Å². The Balaban J connectivity index is 1.85. The summed E-state index contributed by atoms with van der Waals surface area (Å²) < 4.78 is 5.47. The average molecular weight is 331 g/mol. The van der Waals surface area contributed by atoms with E-state index in [-0.39, 0.29) is 17.9 Å². The molecule has 0 aliphatic heterocycles. The molecule has 0 aliphatic carbocycles. The predicted molar refractivity (Wildman–Crippen MR) is 87.6 cm³/mol. The molecule has 0 unspecified atom stereocenters. The first-order chi connectivity index (χ1) is 11.5. The number of aryl methyl sites for hydroxylation is 1. The molecule has 128 valence electrons. The Kier molecular flexibility index (Phi) is 5.89. The molecule has 0 bridgehead atoms. The zero-order chi connectivity index (χ0) is 17.5. The first-order valence-corrected chi connectivity index (χ1v) is 7.63. The van der Waals surface area contributed by atoms with E-state index in [2.05, 4.69) is 25.8 Å². The summed E-state index contributed by atoms with van der Waals surface area (Å²) in [6.45, 7) is 5.88. The highest BCUT2D eigenvalue weighted by Gasteiger charge is 2.14. The van der Waals surface area contributed by atoms with Gasteiger partial charge in [-0.25, -0.2) is 4.98 Å². The van der Waals surface area contributed by atoms with E-state index in [1.165, 1.54) is 6.92 Å². The number of carbonyl (C=O) groups excluding carboxylic acids is 2. The second kappa shape index (κ2) is 8.09. The van der Waals surface area contributed by atoms with Gasteiger partial charge in [-0.05, 0) is 38.1 Å². The van der Waals surface area contributed by atoms with Gasteiger partial charge in [-0.1, -0.05) is 0 Å². The average Bonchev–Trinajstić information content (AvgIpc) is 2.98. The number of rotatable bonds is 7. The number of aromatic nitrogens is 3. The van der Waals surface area contributed by atoms with E-state index in [1.54, 1.807) is 31.2 Å². The van der Waals surface area contributed by atoms with Crippen molar-refractivity contribution in [3.63, 3.8) is 0 Å². The molecule has 0 spiro atoms. The third-order valence-corrected chi connectivity index (χ3v) is 3.21. The molecule has 0 fully saturated rings. The minimum absolute atomic E-state index is 0.0960.